The van der Waals surface area contributed by atoms with E-state index in [4.69, 9.17) is 4.74 Å². The van der Waals surface area contributed by atoms with Crippen molar-refractivity contribution in [3.8, 4) is 0 Å². The first kappa shape index (κ1) is 19.4. The molecule has 0 saturated carbocycles. The first-order valence-corrected chi connectivity index (χ1v) is 12.0. The zero-order valence-corrected chi connectivity index (χ0v) is 17.9. The Morgan fingerprint density at radius 3 is 2.67 bits per heavy atom. The number of nitrogens with zero attached hydrogens (tertiary/aromatic N) is 4. The molecule has 4 heterocycles. The van der Waals surface area contributed by atoms with Crippen molar-refractivity contribution in [2.24, 2.45) is 4.99 Å². The number of hydrogen-bond acceptors (Lipinski definition) is 6. The molecule has 0 radical (unpaired) electrons. The molecular formula is C19H31N5OS2. The van der Waals surface area contributed by atoms with Crippen molar-refractivity contribution in [1.82, 2.24) is 15.1 Å². The maximum atomic E-state index is 5.58. The molecule has 3 fully saturated rings. The summed E-state index contributed by atoms with van der Waals surface area (Å²) in [6.07, 6.45) is 1.26. The molecule has 0 amide bonds. The van der Waals surface area contributed by atoms with E-state index in [1.807, 2.05) is 18.4 Å². The van der Waals surface area contributed by atoms with Crippen LogP contribution in [0.1, 0.15) is 6.42 Å². The van der Waals surface area contributed by atoms with Gasteiger partial charge in [0.2, 0.25) is 0 Å². The van der Waals surface area contributed by atoms with Crippen molar-refractivity contribution in [2.45, 2.75) is 12.0 Å². The van der Waals surface area contributed by atoms with E-state index in [0.717, 1.165) is 65.0 Å². The van der Waals surface area contributed by atoms with Crippen LogP contribution in [0.4, 0.5) is 5.00 Å². The van der Waals surface area contributed by atoms with Crippen LogP contribution >= 0.6 is 23.1 Å². The lowest BCUT2D eigenvalue weighted by Crippen LogP contribution is -2.61. The van der Waals surface area contributed by atoms with Crippen LogP contribution in [-0.4, -0.2) is 98.9 Å². The summed E-state index contributed by atoms with van der Waals surface area (Å²) in [5, 5.41) is 7.27. The predicted octanol–water partition coefficient (Wildman–Crippen LogP) is 1.65. The largest absolute Gasteiger partial charge is 0.379 e. The predicted molar refractivity (Wildman–Crippen MR) is 117 cm³/mol. The standard InChI is InChI=1S/C19H31N5OS2/c1-20-18(23-7-5-22(6-8-23)17-3-2-13-27-17)21-15-19(4-14-26-16-19)24-9-11-25-12-10-24/h2-3,13H,4-12,14-16H2,1H3,(H,20,21). The Morgan fingerprint density at radius 2 is 2.04 bits per heavy atom. The zero-order valence-electron chi connectivity index (χ0n) is 16.2. The fraction of sp³-hybridized carbons (Fsp3) is 0.737. The second kappa shape index (κ2) is 9.03. The van der Waals surface area contributed by atoms with Crippen LogP contribution in [0.15, 0.2) is 22.5 Å². The molecule has 1 unspecified atom stereocenters. The first-order chi connectivity index (χ1) is 13.3. The average Bonchev–Trinajstić information content (AvgIpc) is 3.43. The van der Waals surface area contributed by atoms with Crippen LogP contribution < -0.4 is 10.2 Å². The number of anilines is 1. The summed E-state index contributed by atoms with van der Waals surface area (Å²) in [6, 6.07) is 4.36. The van der Waals surface area contributed by atoms with Gasteiger partial charge >= 0.3 is 0 Å². The van der Waals surface area contributed by atoms with Crippen molar-refractivity contribution in [3.05, 3.63) is 17.5 Å². The molecule has 8 heteroatoms. The Bertz CT molecular complexity index is 604. The third-order valence-corrected chi connectivity index (χ3v) is 8.11. The summed E-state index contributed by atoms with van der Waals surface area (Å²) < 4.78 is 5.58. The molecule has 1 atom stereocenters. The average molecular weight is 410 g/mol. The number of morpholine rings is 1. The van der Waals surface area contributed by atoms with E-state index in [1.54, 1.807) is 0 Å². The molecular weight excluding hydrogens is 378 g/mol. The lowest BCUT2D eigenvalue weighted by Gasteiger charge is -2.44. The molecule has 0 aliphatic carbocycles. The summed E-state index contributed by atoms with van der Waals surface area (Å²) in [5.41, 5.74) is 0.253. The summed E-state index contributed by atoms with van der Waals surface area (Å²) in [7, 11) is 1.92. The molecule has 1 N–H and O–H groups in total. The highest BCUT2D eigenvalue weighted by Crippen LogP contribution is 2.33. The second-order valence-corrected chi connectivity index (χ2v) is 9.48. The minimum absolute atomic E-state index is 0.253. The fourth-order valence-electron chi connectivity index (χ4n) is 4.30. The van der Waals surface area contributed by atoms with Gasteiger partial charge in [0, 0.05) is 64.2 Å². The normalized spacial score (nSPS) is 28.0. The van der Waals surface area contributed by atoms with Crippen molar-refractivity contribution in [3.63, 3.8) is 0 Å². The quantitative estimate of drug-likeness (QED) is 0.603. The minimum Gasteiger partial charge on any atom is -0.379 e. The van der Waals surface area contributed by atoms with Gasteiger partial charge in [-0.3, -0.25) is 9.89 Å². The van der Waals surface area contributed by atoms with Crippen molar-refractivity contribution in [1.29, 1.82) is 0 Å². The first-order valence-electron chi connectivity index (χ1n) is 9.95. The zero-order chi connectivity index (χ0) is 18.5. The lowest BCUT2D eigenvalue weighted by molar-refractivity contribution is -0.0121. The number of guanidine groups is 1. The highest BCUT2D eigenvalue weighted by molar-refractivity contribution is 7.99. The molecule has 1 aromatic rings. The van der Waals surface area contributed by atoms with Gasteiger partial charge in [-0.2, -0.15) is 11.8 Å². The van der Waals surface area contributed by atoms with Gasteiger partial charge < -0.3 is 19.9 Å². The van der Waals surface area contributed by atoms with Crippen LogP contribution in [0, 0.1) is 0 Å². The molecule has 3 saturated heterocycles. The SMILES string of the molecule is CN=C(NCC1(N2CCOCC2)CCSC1)N1CCN(c2cccs2)CC1. The van der Waals surface area contributed by atoms with Gasteiger partial charge in [-0.15, -0.1) is 11.3 Å². The summed E-state index contributed by atoms with van der Waals surface area (Å²) in [4.78, 5) is 12.2. The number of aliphatic imine (C=N–C) groups is 1. The molecule has 3 aliphatic heterocycles. The van der Waals surface area contributed by atoms with Crippen molar-refractivity contribution >= 4 is 34.1 Å². The summed E-state index contributed by atoms with van der Waals surface area (Å²) >= 11 is 3.92. The maximum Gasteiger partial charge on any atom is 0.193 e. The van der Waals surface area contributed by atoms with E-state index in [1.165, 1.54) is 22.9 Å². The Kier molecular flexibility index (Phi) is 6.47. The Hall–Kier alpha value is -0.960. The lowest BCUT2D eigenvalue weighted by atomic mass is 9.95. The molecule has 0 bridgehead atoms. The van der Waals surface area contributed by atoms with E-state index >= 15 is 0 Å². The van der Waals surface area contributed by atoms with Crippen LogP contribution in [-0.2, 0) is 4.74 Å². The van der Waals surface area contributed by atoms with Gasteiger partial charge in [0.25, 0.3) is 0 Å². The molecule has 0 aromatic carbocycles. The van der Waals surface area contributed by atoms with Crippen molar-refractivity contribution in [2.75, 3.05) is 82.5 Å². The van der Waals surface area contributed by atoms with E-state index in [9.17, 15) is 0 Å². The Labute approximate surface area is 170 Å². The number of thioether (sulfide) groups is 1. The fourth-order valence-corrected chi connectivity index (χ4v) is 6.56. The van der Waals surface area contributed by atoms with E-state index < -0.39 is 0 Å². The smallest absolute Gasteiger partial charge is 0.193 e. The minimum atomic E-state index is 0.253. The van der Waals surface area contributed by atoms with Gasteiger partial charge in [-0.1, -0.05) is 0 Å². The Morgan fingerprint density at radius 1 is 1.22 bits per heavy atom. The van der Waals surface area contributed by atoms with Crippen LogP contribution in [0.5, 0.6) is 0 Å². The van der Waals surface area contributed by atoms with Gasteiger partial charge in [0.15, 0.2) is 5.96 Å². The van der Waals surface area contributed by atoms with E-state index in [2.05, 4.69) is 54.3 Å². The van der Waals surface area contributed by atoms with Gasteiger partial charge in [0.05, 0.1) is 18.2 Å². The number of nitrogens with one attached hydrogen (secondary N) is 1. The third kappa shape index (κ3) is 4.39. The second-order valence-electron chi connectivity index (χ2n) is 7.45. The van der Waals surface area contributed by atoms with Crippen molar-refractivity contribution < 1.29 is 4.74 Å². The van der Waals surface area contributed by atoms with E-state index in [-0.39, 0.29) is 5.54 Å². The molecule has 4 rings (SSSR count). The molecule has 6 nitrogen and oxygen atoms in total. The summed E-state index contributed by atoms with van der Waals surface area (Å²) in [6.45, 7) is 9.00. The van der Waals surface area contributed by atoms with Gasteiger partial charge in [0.1, 0.15) is 0 Å². The Balaban J connectivity index is 1.33. The summed E-state index contributed by atoms with van der Waals surface area (Å²) in [5.74, 6) is 3.53. The highest BCUT2D eigenvalue weighted by atomic mass is 32.2. The maximum absolute atomic E-state index is 5.58. The number of rotatable bonds is 4. The topological polar surface area (TPSA) is 43.3 Å². The molecule has 1 aromatic heterocycles. The monoisotopic (exact) mass is 409 g/mol. The van der Waals surface area contributed by atoms with E-state index in [0.29, 0.717) is 0 Å². The van der Waals surface area contributed by atoms with Gasteiger partial charge in [-0.25, -0.2) is 0 Å². The highest BCUT2D eigenvalue weighted by Gasteiger charge is 2.41. The molecule has 150 valence electrons. The number of hydrogen-bond donors (Lipinski definition) is 1. The third-order valence-electron chi connectivity index (χ3n) is 5.95. The number of piperazine rings is 1. The number of ether oxygens (including phenoxy) is 1. The molecule has 27 heavy (non-hydrogen) atoms. The molecule has 0 spiro atoms. The van der Waals surface area contributed by atoms with Crippen LogP contribution in [0.2, 0.25) is 0 Å². The van der Waals surface area contributed by atoms with Gasteiger partial charge in [-0.05, 0) is 29.7 Å². The molecule has 3 aliphatic rings. The van der Waals surface area contributed by atoms with Crippen LogP contribution in [0.3, 0.4) is 0 Å². The number of thiophene rings is 1. The van der Waals surface area contributed by atoms with Crippen LogP contribution in [0.25, 0.3) is 0 Å².